The van der Waals surface area contributed by atoms with Gasteiger partial charge in [0.15, 0.2) is 0 Å². The molecule has 0 atom stereocenters. The van der Waals surface area contributed by atoms with Crippen LogP contribution in [0.15, 0.2) is 91.5 Å². The third-order valence-electron chi connectivity index (χ3n) is 5.14. The Morgan fingerprint density at radius 1 is 0.706 bits per heavy atom. The van der Waals surface area contributed by atoms with Crippen LogP contribution < -0.4 is 9.47 Å². The smallest absolute Gasteiger partial charge is 0.503 e. The third kappa shape index (κ3) is 5.27. The van der Waals surface area contributed by atoms with Gasteiger partial charge in [-0.25, -0.2) is 4.98 Å². The minimum atomic E-state index is 0. The first-order valence-corrected chi connectivity index (χ1v) is 10.6. The molecule has 0 amide bonds. The maximum Gasteiger partial charge on any atom is 2.00 e. The summed E-state index contributed by atoms with van der Waals surface area (Å²) in [6.45, 7) is 4.20. The van der Waals surface area contributed by atoms with E-state index in [2.05, 4.69) is 54.1 Å². The molecule has 34 heavy (non-hydrogen) atoms. The number of pyridine rings is 1. The Balaban J connectivity index is 0.00000274. The van der Waals surface area contributed by atoms with Gasteiger partial charge in [0.25, 0.3) is 0 Å². The summed E-state index contributed by atoms with van der Waals surface area (Å²) in [5, 5.41) is 0. The van der Waals surface area contributed by atoms with Crippen LogP contribution in [0.4, 0.5) is 0 Å². The van der Waals surface area contributed by atoms with Crippen molar-refractivity contribution < 1.29 is 30.5 Å². The number of imidazole rings is 1. The number of benzene rings is 3. The first-order chi connectivity index (χ1) is 16.2. The van der Waals surface area contributed by atoms with Gasteiger partial charge in [-0.15, -0.1) is 35.9 Å². The summed E-state index contributed by atoms with van der Waals surface area (Å²) in [5.41, 5.74) is 5.20. The Morgan fingerprint density at radius 2 is 1.38 bits per heavy atom. The Labute approximate surface area is 213 Å². The third-order valence-corrected chi connectivity index (χ3v) is 5.14. The second-order valence-electron chi connectivity index (χ2n) is 7.59. The van der Waals surface area contributed by atoms with Gasteiger partial charge in [0, 0.05) is 35.2 Å². The van der Waals surface area contributed by atoms with Crippen molar-refractivity contribution in [2.45, 2.75) is 13.8 Å². The average molecular weight is 627 g/mol. The van der Waals surface area contributed by atoms with Crippen molar-refractivity contribution in [2.75, 3.05) is 0 Å². The van der Waals surface area contributed by atoms with E-state index in [1.165, 1.54) is 11.1 Å². The molecule has 5 nitrogen and oxygen atoms in total. The zero-order valence-electron chi connectivity index (χ0n) is 18.6. The molecule has 0 bridgehead atoms. The van der Waals surface area contributed by atoms with Crippen molar-refractivity contribution in [3.8, 4) is 40.1 Å². The van der Waals surface area contributed by atoms with E-state index >= 15 is 0 Å². The van der Waals surface area contributed by atoms with Gasteiger partial charge in [0.2, 0.25) is 5.88 Å². The summed E-state index contributed by atoms with van der Waals surface area (Å²) >= 11 is 0. The number of hydrogen-bond acceptors (Lipinski definition) is 4. The standard InChI is InChI=1S/C28H21N3O2.Pt/c1-20-8-5-9-21(2)28(20)31-18-26(30-19-31)22-10-6-11-23(16-22)32-24-12-7-13-25(17-24)33-27-14-3-4-15-29-27;/h3-15,18-19H,1-2H3;/q-2;+2. The van der Waals surface area contributed by atoms with Gasteiger partial charge in [-0.3, -0.25) is 4.98 Å². The topological polar surface area (TPSA) is 49.2 Å². The van der Waals surface area contributed by atoms with Crippen molar-refractivity contribution in [3.63, 3.8) is 0 Å². The number of hydrogen-bond donors (Lipinski definition) is 0. The molecule has 0 saturated heterocycles. The van der Waals surface area contributed by atoms with Crippen LogP contribution in [-0.2, 0) is 21.1 Å². The molecule has 0 spiro atoms. The van der Waals surface area contributed by atoms with E-state index in [9.17, 15) is 0 Å². The van der Waals surface area contributed by atoms with Crippen molar-refractivity contribution in [3.05, 3.63) is 115 Å². The van der Waals surface area contributed by atoms with Crippen LogP contribution in [0.3, 0.4) is 0 Å². The van der Waals surface area contributed by atoms with Crippen LogP contribution in [0.25, 0.3) is 16.9 Å². The fraction of sp³-hybridized carbons (Fsp3) is 0.0714. The second-order valence-corrected chi connectivity index (χ2v) is 7.59. The molecule has 0 N–H and O–H groups in total. The second kappa shape index (κ2) is 10.5. The molecule has 3 aromatic carbocycles. The summed E-state index contributed by atoms with van der Waals surface area (Å²) in [4.78, 5) is 8.76. The summed E-state index contributed by atoms with van der Waals surface area (Å²) in [6.07, 6.45) is 5.52. The van der Waals surface area contributed by atoms with Crippen molar-refractivity contribution in [1.82, 2.24) is 14.5 Å². The van der Waals surface area contributed by atoms with Crippen LogP contribution in [0, 0.1) is 26.0 Å². The fourth-order valence-electron chi connectivity index (χ4n) is 3.64. The van der Waals surface area contributed by atoms with E-state index in [0.29, 0.717) is 23.1 Å². The zero-order valence-corrected chi connectivity index (χ0v) is 20.9. The Kier molecular flexibility index (Phi) is 7.24. The molecule has 170 valence electrons. The summed E-state index contributed by atoms with van der Waals surface area (Å²) in [7, 11) is 0. The molecule has 6 heteroatoms. The van der Waals surface area contributed by atoms with Crippen molar-refractivity contribution >= 4 is 0 Å². The SMILES string of the molecule is Cc1cccc(C)c1-n1cnc(-c2[c-]c(Oc3[c-]c(Oc4ccccn4)ccc3)ccc2)c1.[Pt+2]. The van der Waals surface area contributed by atoms with Crippen LogP contribution >= 0.6 is 0 Å². The predicted molar refractivity (Wildman–Crippen MR) is 127 cm³/mol. The Bertz CT molecular complexity index is 1380. The number of para-hydroxylation sites is 1. The van der Waals surface area contributed by atoms with E-state index in [0.717, 1.165) is 16.9 Å². The Morgan fingerprint density at radius 3 is 2.12 bits per heavy atom. The monoisotopic (exact) mass is 626 g/mol. The van der Waals surface area contributed by atoms with Gasteiger partial charge >= 0.3 is 21.1 Å². The molecule has 0 radical (unpaired) electrons. The molecule has 0 fully saturated rings. The quantitative estimate of drug-likeness (QED) is 0.196. The molecule has 0 aliphatic rings. The number of nitrogens with zero attached hydrogens (tertiary/aromatic N) is 3. The van der Waals surface area contributed by atoms with Crippen molar-refractivity contribution in [1.29, 1.82) is 0 Å². The van der Waals surface area contributed by atoms with E-state index in [1.807, 2.05) is 65.6 Å². The molecule has 0 aliphatic heterocycles. The fourth-order valence-corrected chi connectivity index (χ4v) is 3.64. The molecule has 5 rings (SSSR count). The molecule has 2 aromatic heterocycles. The predicted octanol–water partition coefficient (Wildman–Crippen LogP) is 6.73. The molecule has 0 unspecified atom stereocenters. The van der Waals surface area contributed by atoms with Gasteiger partial charge < -0.3 is 14.0 Å². The van der Waals surface area contributed by atoms with Gasteiger partial charge in [-0.05, 0) is 37.2 Å². The van der Waals surface area contributed by atoms with Gasteiger partial charge in [0.05, 0.1) is 12.0 Å². The number of ether oxygens (including phenoxy) is 2. The van der Waals surface area contributed by atoms with Crippen molar-refractivity contribution in [2.24, 2.45) is 0 Å². The first-order valence-electron chi connectivity index (χ1n) is 10.6. The summed E-state index contributed by atoms with van der Waals surface area (Å²) in [6, 6.07) is 29.4. The van der Waals surface area contributed by atoms with Crippen LogP contribution in [0.5, 0.6) is 23.1 Å². The summed E-state index contributed by atoms with van der Waals surface area (Å²) < 4.78 is 13.8. The largest absolute Gasteiger partial charge is 2.00 e. The average Bonchev–Trinajstić information content (AvgIpc) is 3.30. The first kappa shape index (κ1) is 23.5. The van der Waals surface area contributed by atoms with Gasteiger partial charge in [0.1, 0.15) is 0 Å². The summed E-state index contributed by atoms with van der Waals surface area (Å²) in [5.74, 6) is 2.12. The minimum absolute atomic E-state index is 0. The van der Waals surface area contributed by atoms with Crippen LogP contribution in [-0.4, -0.2) is 14.5 Å². The minimum Gasteiger partial charge on any atom is -0.503 e. The molecular weight excluding hydrogens is 605 g/mol. The molecule has 0 aliphatic carbocycles. The number of rotatable bonds is 6. The van der Waals surface area contributed by atoms with E-state index < -0.39 is 0 Å². The number of aryl methyl sites for hydroxylation is 2. The van der Waals surface area contributed by atoms with Crippen LogP contribution in [0.2, 0.25) is 0 Å². The molecule has 2 heterocycles. The van der Waals surface area contributed by atoms with E-state index in [-0.39, 0.29) is 21.1 Å². The zero-order chi connectivity index (χ0) is 22.6. The van der Waals surface area contributed by atoms with Gasteiger partial charge in [-0.1, -0.05) is 36.4 Å². The van der Waals surface area contributed by atoms with E-state index in [1.54, 1.807) is 12.3 Å². The molecule has 5 aromatic rings. The van der Waals surface area contributed by atoms with Gasteiger partial charge in [-0.2, -0.15) is 6.07 Å². The van der Waals surface area contributed by atoms with E-state index in [4.69, 9.17) is 9.47 Å². The molecule has 0 saturated carbocycles. The number of aromatic nitrogens is 3. The normalized spacial score (nSPS) is 10.4. The molecular formula is C28H21N3O2Pt. The maximum absolute atomic E-state index is 6.00. The van der Waals surface area contributed by atoms with Crippen LogP contribution in [0.1, 0.15) is 11.1 Å². The maximum atomic E-state index is 6.00. The Hall–Kier alpha value is -3.69.